The highest BCUT2D eigenvalue weighted by Gasteiger charge is 2.10. The molecule has 0 aliphatic rings. The third-order valence-electron chi connectivity index (χ3n) is 3.01. The van der Waals surface area contributed by atoms with Crippen LogP contribution in [0, 0.1) is 10.1 Å². The molecule has 0 saturated carbocycles. The zero-order valence-electron chi connectivity index (χ0n) is 11.9. The number of benzene rings is 2. The molecule has 0 atom stereocenters. The lowest BCUT2D eigenvalue weighted by Gasteiger charge is -2.10. The number of non-ortho nitro benzene ring substituents is 1. The molecule has 2 N–H and O–H groups in total. The standard InChI is InChI=1S/C15H13BrClN3O3/c16-12-4-2-1-3-11(12)15(21)19-8-7-18-14-6-5-10(20(22)23)9-13(14)17/h1-6,9,18H,7-8H2,(H,19,21). The predicted octanol–water partition coefficient (Wildman–Crippen LogP) is 3.85. The fourth-order valence-electron chi connectivity index (χ4n) is 1.87. The van der Waals surface area contributed by atoms with E-state index in [0.29, 0.717) is 24.3 Å². The van der Waals surface area contributed by atoms with Crippen LogP contribution in [0.3, 0.4) is 0 Å². The monoisotopic (exact) mass is 397 g/mol. The molecule has 0 saturated heterocycles. The smallest absolute Gasteiger partial charge is 0.271 e. The Morgan fingerprint density at radius 3 is 2.61 bits per heavy atom. The molecule has 0 spiro atoms. The molecule has 2 aromatic carbocycles. The van der Waals surface area contributed by atoms with Crippen molar-refractivity contribution in [2.24, 2.45) is 0 Å². The van der Waals surface area contributed by atoms with E-state index in [1.165, 1.54) is 18.2 Å². The normalized spacial score (nSPS) is 10.2. The fourth-order valence-corrected chi connectivity index (χ4v) is 2.58. The Hall–Kier alpha value is -2.12. The van der Waals surface area contributed by atoms with E-state index in [1.807, 2.05) is 6.07 Å². The van der Waals surface area contributed by atoms with Crippen LogP contribution in [0.1, 0.15) is 10.4 Å². The van der Waals surface area contributed by atoms with Gasteiger partial charge in [-0.15, -0.1) is 0 Å². The van der Waals surface area contributed by atoms with Gasteiger partial charge in [0.1, 0.15) is 0 Å². The first kappa shape index (κ1) is 17.2. The van der Waals surface area contributed by atoms with E-state index in [9.17, 15) is 14.9 Å². The number of halogens is 2. The first-order valence-corrected chi connectivity index (χ1v) is 7.86. The molecule has 1 amide bonds. The molecule has 120 valence electrons. The van der Waals surface area contributed by atoms with Crippen LogP contribution in [0.2, 0.25) is 5.02 Å². The molecule has 6 nitrogen and oxygen atoms in total. The summed E-state index contributed by atoms with van der Waals surface area (Å²) in [6.45, 7) is 0.821. The lowest BCUT2D eigenvalue weighted by Crippen LogP contribution is -2.29. The third-order valence-corrected chi connectivity index (χ3v) is 4.01. The summed E-state index contributed by atoms with van der Waals surface area (Å²) in [5.74, 6) is -0.186. The number of carbonyl (C=O) groups is 1. The van der Waals surface area contributed by atoms with Crippen molar-refractivity contribution in [3.8, 4) is 0 Å². The second kappa shape index (κ2) is 7.94. The second-order valence-electron chi connectivity index (χ2n) is 4.58. The van der Waals surface area contributed by atoms with Crippen molar-refractivity contribution < 1.29 is 9.72 Å². The van der Waals surface area contributed by atoms with Crippen molar-refractivity contribution in [2.75, 3.05) is 18.4 Å². The quantitative estimate of drug-likeness (QED) is 0.440. The number of hydrogen-bond donors (Lipinski definition) is 2. The van der Waals surface area contributed by atoms with Gasteiger partial charge >= 0.3 is 0 Å². The minimum Gasteiger partial charge on any atom is -0.382 e. The molecule has 0 radical (unpaired) electrons. The van der Waals surface area contributed by atoms with Gasteiger partial charge in [0.2, 0.25) is 0 Å². The van der Waals surface area contributed by atoms with Gasteiger partial charge in [0.25, 0.3) is 11.6 Å². The average Bonchev–Trinajstić information content (AvgIpc) is 2.52. The summed E-state index contributed by atoms with van der Waals surface area (Å²) in [5, 5.41) is 16.7. The van der Waals surface area contributed by atoms with Gasteiger partial charge in [0.15, 0.2) is 0 Å². The molecule has 0 fully saturated rings. The SMILES string of the molecule is O=C(NCCNc1ccc([N+](=O)[O-])cc1Cl)c1ccccc1Br. The first-order valence-electron chi connectivity index (χ1n) is 6.69. The molecule has 23 heavy (non-hydrogen) atoms. The van der Waals surface area contributed by atoms with Crippen molar-refractivity contribution in [2.45, 2.75) is 0 Å². The minimum absolute atomic E-state index is 0.0669. The van der Waals surface area contributed by atoms with Crippen molar-refractivity contribution in [3.63, 3.8) is 0 Å². The minimum atomic E-state index is -0.506. The maximum absolute atomic E-state index is 12.0. The van der Waals surface area contributed by atoms with E-state index >= 15 is 0 Å². The highest BCUT2D eigenvalue weighted by Crippen LogP contribution is 2.26. The topological polar surface area (TPSA) is 84.3 Å². The summed E-state index contributed by atoms with van der Waals surface area (Å²) in [7, 11) is 0. The maximum atomic E-state index is 12.0. The lowest BCUT2D eigenvalue weighted by molar-refractivity contribution is -0.384. The molecule has 0 bridgehead atoms. The molecule has 0 heterocycles. The summed E-state index contributed by atoms with van der Waals surface area (Å²) in [6.07, 6.45) is 0. The Balaban J connectivity index is 1.85. The summed E-state index contributed by atoms with van der Waals surface area (Å²) in [5.41, 5.74) is 1.07. The number of carbonyl (C=O) groups excluding carboxylic acids is 1. The Morgan fingerprint density at radius 2 is 1.96 bits per heavy atom. The zero-order chi connectivity index (χ0) is 16.8. The number of nitrogens with one attached hydrogen (secondary N) is 2. The van der Waals surface area contributed by atoms with Crippen molar-refractivity contribution >= 4 is 44.8 Å². The molecule has 2 rings (SSSR count). The van der Waals surface area contributed by atoms with Crippen molar-refractivity contribution in [3.05, 3.63) is 67.6 Å². The van der Waals surface area contributed by atoms with E-state index in [0.717, 1.165) is 4.47 Å². The van der Waals surface area contributed by atoms with E-state index in [1.54, 1.807) is 18.2 Å². The van der Waals surface area contributed by atoms with E-state index < -0.39 is 4.92 Å². The highest BCUT2D eigenvalue weighted by atomic mass is 79.9. The van der Waals surface area contributed by atoms with Crippen LogP contribution in [0.15, 0.2) is 46.9 Å². The van der Waals surface area contributed by atoms with Gasteiger partial charge in [-0.05, 0) is 34.1 Å². The number of amides is 1. The molecule has 2 aromatic rings. The molecule has 8 heteroatoms. The number of rotatable bonds is 6. The van der Waals surface area contributed by atoms with Crippen LogP contribution < -0.4 is 10.6 Å². The van der Waals surface area contributed by atoms with E-state index in [4.69, 9.17) is 11.6 Å². The first-order chi connectivity index (χ1) is 11.0. The van der Waals surface area contributed by atoms with Crippen LogP contribution >= 0.6 is 27.5 Å². The number of anilines is 1. The number of hydrogen-bond acceptors (Lipinski definition) is 4. The van der Waals surface area contributed by atoms with Gasteiger partial charge in [-0.1, -0.05) is 23.7 Å². The Kier molecular flexibility index (Phi) is 5.95. The van der Waals surface area contributed by atoms with Crippen LogP contribution in [-0.4, -0.2) is 23.9 Å². The Bertz CT molecular complexity index is 740. The van der Waals surface area contributed by atoms with E-state index in [2.05, 4.69) is 26.6 Å². The van der Waals surface area contributed by atoms with Gasteiger partial charge in [-0.3, -0.25) is 14.9 Å². The fraction of sp³-hybridized carbons (Fsp3) is 0.133. The zero-order valence-corrected chi connectivity index (χ0v) is 14.2. The molecule has 0 unspecified atom stereocenters. The molecule has 0 aromatic heterocycles. The summed E-state index contributed by atoms with van der Waals surface area (Å²) in [6, 6.07) is 11.3. The third kappa shape index (κ3) is 4.67. The number of nitro groups is 1. The van der Waals surface area contributed by atoms with Crippen LogP contribution in [0.5, 0.6) is 0 Å². The van der Waals surface area contributed by atoms with Gasteiger partial charge in [-0.2, -0.15) is 0 Å². The highest BCUT2D eigenvalue weighted by molar-refractivity contribution is 9.10. The molecule has 0 aliphatic carbocycles. The van der Waals surface area contributed by atoms with Gasteiger partial charge in [0.05, 0.1) is 21.2 Å². The van der Waals surface area contributed by atoms with Gasteiger partial charge in [-0.25, -0.2) is 0 Å². The van der Waals surface area contributed by atoms with Crippen molar-refractivity contribution in [1.82, 2.24) is 5.32 Å². The predicted molar refractivity (Wildman–Crippen MR) is 93.1 cm³/mol. The Labute approximate surface area is 146 Å². The second-order valence-corrected chi connectivity index (χ2v) is 5.85. The average molecular weight is 399 g/mol. The Morgan fingerprint density at radius 1 is 1.22 bits per heavy atom. The van der Waals surface area contributed by atoms with Gasteiger partial charge in [0, 0.05) is 29.7 Å². The van der Waals surface area contributed by atoms with E-state index in [-0.39, 0.29) is 16.6 Å². The van der Waals surface area contributed by atoms with Crippen LogP contribution in [0.4, 0.5) is 11.4 Å². The van der Waals surface area contributed by atoms with Crippen molar-refractivity contribution in [1.29, 1.82) is 0 Å². The maximum Gasteiger partial charge on any atom is 0.271 e. The van der Waals surface area contributed by atoms with Gasteiger partial charge < -0.3 is 10.6 Å². The largest absolute Gasteiger partial charge is 0.382 e. The summed E-state index contributed by atoms with van der Waals surface area (Å²) < 4.78 is 0.726. The lowest BCUT2D eigenvalue weighted by atomic mass is 10.2. The molecule has 0 aliphatic heterocycles. The molecular weight excluding hydrogens is 386 g/mol. The summed E-state index contributed by atoms with van der Waals surface area (Å²) >= 11 is 9.29. The van der Waals surface area contributed by atoms with Crippen LogP contribution in [-0.2, 0) is 0 Å². The number of nitrogens with zero attached hydrogens (tertiary/aromatic N) is 1. The molecular formula is C15H13BrClN3O3. The van der Waals surface area contributed by atoms with Crippen LogP contribution in [0.25, 0.3) is 0 Å². The summed E-state index contributed by atoms with van der Waals surface area (Å²) in [4.78, 5) is 22.1. The number of nitro benzene ring substituents is 1.